The summed E-state index contributed by atoms with van der Waals surface area (Å²) in [5.74, 6) is 0.429. The van der Waals surface area contributed by atoms with E-state index in [-0.39, 0.29) is 11.6 Å². The Kier molecular flexibility index (Phi) is 5.55. The zero-order valence-electron chi connectivity index (χ0n) is 17.4. The van der Waals surface area contributed by atoms with Gasteiger partial charge in [-0.25, -0.2) is 8.42 Å². The van der Waals surface area contributed by atoms with Crippen LogP contribution in [0.5, 0.6) is 0 Å². The number of hydrogen-bond acceptors (Lipinski definition) is 4. The van der Waals surface area contributed by atoms with Crippen LogP contribution >= 0.6 is 0 Å². The van der Waals surface area contributed by atoms with Gasteiger partial charge in [-0.2, -0.15) is 4.31 Å². The highest BCUT2D eigenvalue weighted by Crippen LogP contribution is 2.39. The zero-order chi connectivity index (χ0) is 20.6. The topological polar surface area (TPSA) is 49.9 Å². The zero-order valence-corrected chi connectivity index (χ0v) is 18.2. The van der Waals surface area contributed by atoms with E-state index in [1.54, 1.807) is 16.4 Å². The molecule has 2 heterocycles. The molecule has 0 saturated carbocycles. The molecule has 4 rings (SSSR count). The van der Waals surface area contributed by atoms with Crippen molar-refractivity contribution >= 4 is 10.0 Å². The SMILES string of the molecule is Cc1ccc(S(=O)(=O)N2CC3(COCC(C(C)C)N3Cc3ccccc3)C2)cc1. The number of ether oxygens (including phenoxy) is 1. The van der Waals surface area contributed by atoms with Crippen molar-refractivity contribution in [3.05, 3.63) is 65.7 Å². The fraction of sp³-hybridized carbons (Fsp3) is 0.478. The fourth-order valence-corrected chi connectivity index (χ4v) is 6.02. The lowest BCUT2D eigenvalue weighted by Crippen LogP contribution is -2.77. The third-order valence-corrected chi connectivity index (χ3v) is 8.04. The van der Waals surface area contributed by atoms with Gasteiger partial charge < -0.3 is 4.74 Å². The molecule has 156 valence electrons. The van der Waals surface area contributed by atoms with E-state index < -0.39 is 10.0 Å². The molecular formula is C23H30N2O3S. The molecule has 2 aromatic carbocycles. The summed E-state index contributed by atoms with van der Waals surface area (Å²) in [6.07, 6.45) is 0. The molecule has 2 aliphatic rings. The Balaban J connectivity index is 1.58. The predicted octanol–water partition coefficient (Wildman–Crippen LogP) is 3.30. The number of morpholine rings is 1. The average Bonchev–Trinajstić information content (AvgIpc) is 2.67. The predicted molar refractivity (Wildman–Crippen MR) is 114 cm³/mol. The van der Waals surface area contributed by atoms with Crippen LogP contribution in [0.3, 0.4) is 0 Å². The second-order valence-electron chi connectivity index (χ2n) is 8.75. The monoisotopic (exact) mass is 414 g/mol. The molecular weight excluding hydrogens is 384 g/mol. The second-order valence-corrected chi connectivity index (χ2v) is 10.7. The lowest BCUT2D eigenvalue weighted by Gasteiger charge is -2.60. The van der Waals surface area contributed by atoms with Gasteiger partial charge in [-0.1, -0.05) is 61.9 Å². The molecule has 0 aromatic heterocycles. The average molecular weight is 415 g/mol. The molecule has 2 saturated heterocycles. The summed E-state index contributed by atoms with van der Waals surface area (Å²) in [6, 6.07) is 17.8. The quantitative estimate of drug-likeness (QED) is 0.753. The van der Waals surface area contributed by atoms with Gasteiger partial charge >= 0.3 is 0 Å². The summed E-state index contributed by atoms with van der Waals surface area (Å²) in [4.78, 5) is 2.86. The van der Waals surface area contributed by atoms with Crippen molar-refractivity contribution in [3.8, 4) is 0 Å². The summed E-state index contributed by atoms with van der Waals surface area (Å²) >= 11 is 0. The van der Waals surface area contributed by atoms with Crippen molar-refractivity contribution in [3.63, 3.8) is 0 Å². The molecule has 0 amide bonds. The van der Waals surface area contributed by atoms with Gasteiger partial charge in [-0.15, -0.1) is 0 Å². The number of benzene rings is 2. The molecule has 1 atom stereocenters. The van der Waals surface area contributed by atoms with Crippen molar-refractivity contribution in [1.82, 2.24) is 9.21 Å². The van der Waals surface area contributed by atoms with Crippen molar-refractivity contribution < 1.29 is 13.2 Å². The minimum Gasteiger partial charge on any atom is -0.378 e. The lowest BCUT2D eigenvalue weighted by atomic mass is 9.85. The Hall–Kier alpha value is -1.73. The first-order valence-corrected chi connectivity index (χ1v) is 11.7. The Bertz CT molecular complexity index is 936. The molecule has 0 N–H and O–H groups in total. The van der Waals surface area contributed by atoms with Gasteiger partial charge in [0.2, 0.25) is 10.0 Å². The van der Waals surface area contributed by atoms with Crippen molar-refractivity contribution in [2.75, 3.05) is 26.3 Å². The van der Waals surface area contributed by atoms with E-state index in [1.807, 2.05) is 25.1 Å². The Morgan fingerprint density at radius 3 is 2.34 bits per heavy atom. The number of nitrogens with zero attached hydrogens (tertiary/aromatic N) is 2. The van der Waals surface area contributed by atoms with Crippen LogP contribution in [0, 0.1) is 12.8 Å². The van der Waals surface area contributed by atoms with Crippen LogP contribution in [-0.2, 0) is 21.3 Å². The minimum absolute atomic E-state index is 0.263. The maximum atomic E-state index is 13.1. The van der Waals surface area contributed by atoms with Crippen LogP contribution in [0.4, 0.5) is 0 Å². The first-order chi connectivity index (χ1) is 13.8. The third-order valence-electron chi connectivity index (χ3n) is 6.23. The van der Waals surface area contributed by atoms with Gasteiger partial charge in [0.25, 0.3) is 0 Å². The maximum absolute atomic E-state index is 13.1. The van der Waals surface area contributed by atoms with Gasteiger partial charge in [0.1, 0.15) is 0 Å². The molecule has 6 heteroatoms. The Morgan fingerprint density at radius 2 is 1.72 bits per heavy atom. The van der Waals surface area contributed by atoms with E-state index in [4.69, 9.17) is 4.74 Å². The number of hydrogen-bond donors (Lipinski definition) is 0. The third kappa shape index (κ3) is 3.87. The first-order valence-electron chi connectivity index (χ1n) is 10.3. The number of sulfonamides is 1. The van der Waals surface area contributed by atoms with Gasteiger partial charge in [-0.3, -0.25) is 4.90 Å². The molecule has 0 bridgehead atoms. The van der Waals surface area contributed by atoms with Crippen molar-refractivity contribution in [2.24, 2.45) is 5.92 Å². The van der Waals surface area contributed by atoms with Crippen molar-refractivity contribution in [1.29, 1.82) is 0 Å². The van der Waals surface area contributed by atoms with E-state index in [9.17, 15) is 8.42 Å². The summed E-state index contributed by atoms with van der Waals surface area (Å²) in [7, 11) is -3.48. The van der Waals surface area contributed by atoms with E-state index >= 15 is 0 Å². The van der Waals surface area contributed by atoms with Gasteiger partial charge in [0, 0.05) is 25.7 Å². The van der Waals surface area contributed by atoms with Crippen LogP contribution in [0.2, 0.25) is 0 Å². The molecule has 2 aromatic rings. The fourth-order valence-electron chi connectivity index (χ4n) is 4.42. The number of aryl methyl sites for hydroxylation is 1. The van der Waals surface area contributed by atoms with Crippen LogP contribution in [0.15, 0.2) is 59.5 Å². The molecule has 5 nitrogen and oxygen atoms in total. The van der Waals surface area contributed by atoms with E-state index in [2.05, 4.69) is 43.0 Å². The molecule has 2 aliphatic heterocycles. The standard InChI is InChI=1S/C23H30N2O3S/c1-18(2)22-14-28-17-23(25(22)13-20-7-5-4-6-8-20)15-24(16-23)29(26,27)21-11-9-19(3)10-12-21/h4-12,18,22H,13-17H2,1-3H3. The molecule has 0 aliphatic carbocycles. The van der Waals surface area contributed by atoms with Gasteiger partial charge in [0.15, 0.2) is 0 Å². The largest absolute Gasteiger partial charge is 0.378 e. The van der Waals surface area contributed by atoms with Crippen LogP contribution < -0.4 is 0 Å². The molecule has 29 heavy (non-hydrogen) atoms. The van der Waals surface area contributed by atoms with Crippen LogP contribution in [0.1, 0.15) is 25.0 Å². The summed E-state index contributed by atoms with van der Waals surface area (Å²) in [6.45, 7) is 9.40. The minimum atomic E-state index is -3.48. The number of rotatable bonds is 5. The Labute approximate surface area is 174 Å². The Morgan fingerprint density at radius 1 is 1.07 bits per heavy atom. The summed E-state index contributed by atoms with van der Waals surface area (Å²) in [5, 5.41) is 0. The molecule has 1 spiro atoms. The first kappa shape index (κ1) is 20.5. The van der Waals surface area contributed by atoms with Crippen molar-refractivity contribution in [2.45, 2.75) is 43.8 Å². The smallest absolute Gasteiger partial charge is 0.243 e. The summed E-state index contributed by atoms with van der Waals surface area (Å²) in [5.41, 5.74) is 2.04. The second kappa shape index (κ2) is 7.84. The highest BCUT2D eigenvalue weighted by atomic mass is 32.2. The normalized spacial score (nSPS) is 22.7. The van der Waals surface area contributed by atoms with E-state index in [0.29, 0.717) is 37.1 Å². The van der Waals surface area contributed by atoms with Crippen LogP contribution in [0.25, 0.3) is 0 Å². The molecule has 1 unspecified atom stereocenters. The highest BCUT2D eigenvalue weighted by molar-refractivity contribution is 7.89. The maximum Gasteiger partial charge on any atom is 0.243 e. The van der Waals surface area contributed by atoms with Crippen LogP contribution in [-0.4, -0.2) is 55.5 Å². The van der Waals surface area contributed by atoms with E-state index in [0.717, 1.165) is 12.1 Å². The lowest BCUT2D eigenvalue weighted by molar-refractivity contribution is -0.161. The highest BCUT2D eigenvalue weighted by Gasteiger charge is 2.55. The molecule has 2 fully saturated rings. The van der Waals surface area contributed by atoms with E-state index in [1.165, 1.54) is 5.56 Å². The molecule has 0 radical (unpaired) electrons. The van der Waals surface area contributed by atoms with Gasteiger partial charge in [0.05, 0.1) is 23.6 Å². The van der Waals surface area contributed by atoms with Gasteiger partial charge in [-0.05, 0) is 30.5 Å². The summed E-state index contributed by atoms with van der Waals surface area (Å²) < 4.78 is 33.8.